The van der Waals surface area contributed by atoms with Gasteiger partial charge in [-0.2, -0.15) is 0 Å². The van der Waals surface area contributed by atoms with Crippen LogP contribution in [0.15, 0.2) is 59.8 Å². The van der Waals surface area contributed by atoms with Gasteiger partial charge in [-0.1, -0.05) is 41.9 Å². The molecular formula is C20H16N2O2S. The van der Waals surface area contributed by atoms with Crippen LogP contribution in [0, 0.1) is 12.3 Å². The Morgan fingerprint density at radius 2 is 2.04 bits per heavy atom. The van der Waals surface area contributed by atoms with Crippen LogP contribution in [0.1, 0.15) is 10.4 Å². The van der Waals surface area contributed by atoms with Gasteiger partial charge in [-0.25, -0.2) is 4.98 Å². The summed E-state index contributed by atoms with van der Waals surface area (Å²) in [6.07, 6.45) is 8.65. The van der Waals surface area contributed by atoms with Crippen LogP contribution < -0.4 is 4.74 Å². The minimum absolute atomic E-state index is 0.163. The van der Waals surface area contributed by atoms with Crippen molar-refractivity contribution < 1.29 is 9.53 Å². The van der Waals surface area contributed by atoms with Crippen molar-refractivity contribution >= 4 is 34.8 Å². The number of hydrogen-bond donors (Lipinski definition) is 0. The predicted molar refractivity (Wildman–Crippen MR) is 102 cm³/mol. The van der Waals surface area contributed by atoms with E-state index in [1.54, 1.807) is 17.8 Å². The highest BCUT2D eigenvalue weighted by Crippen LogP contribution is 2.24. The zero-order valence-electron chi connectivity index (χ0n) is 13.7. The van der Waals surface area contributed by atoms with Gasteiger partial charge in [0.05, 0.1) is 23.9 Å². The fourth-order valence-corrected chi connectivity index (χ4v) is 3.07. The molecule has 0 aliphatic heterocycles. The van der Waals surface area contributed by atoms with Gasteiger partial charge in [-0.3, -0.25) is 9.36 Å². The van der Waals surface area contributed by atoms with Crippen molar-refractivity contribution in [1.82, 2.24) is 9.55 Å². The number of para-hydroxylation sites is 2. The molecule has 4 nitrogen and oxygen atoms in total. The maximum absolute atomic E-state index is 12.7. The lowest BCUT2D eigenvalue weighted by molar-refractivity contribution is 0.0965. The molecular weight excluding hydrogens is 332 g/mol. The van der Waals surface area contributed by atoms with E-state index in [9.17, 15) is 4.79 Å². The second-order valence-electron chi connectivity index (χ2n) is 5.16. The quantitative estimate of drug-likeness (QED) is 0.395. The Morgan fingerprint density at radius 1 is 1.28 bits per heavy atom. The van der Waals surface area contributed by atoms with Crippen LogP contribution in [0.3, 0.4) is 0 Å². The second kappa shape index (κ2) is 7.73. The van der Waals surface area contributed by atoms with E-state index in [1.165, 1.54) is 17.8 Å². The molecule has 0 spiro atoms. The summed E-state index contributed by atoms with van der Waals surface area (Å²) < 4.78 is 6.73. The van der Waals surface area contributed by atoms with E-state index in [-0.39, 0.29) is 5.91 Å². The van der Waals surface area contributed by atoms with Crippen molar-refractivity contribution in [2.75, 3.05) is 12.9 Å². The highest BCUT2D eigenvalue weighted by molar-refractivity contribution is 7.99. The topological polar surface area (TPSA) is 44.1 Å². The molecule has 0 fully saturated rings. The number of thioether (sulfide) groups is 1. The maximum atomic E-state index is 12.7. The monoisotopic (exact) mass is 348 g/mol. The molecule has 0 amide bonds. The average Bonchev–Trinajstić information content (AvgIpc) is 3.03. The normalized spacial score (nSPS) is 10.9. The van der Waals surface area contributed by atoms with E-state index in [1.807, 2.05) is 48.5 Å². The lowest BCUT2D eigenvalue weighted by Crippen LogP contribution is -2.08. The smallest absolute Gasteiger partial charge is 0.257 e. The van der Waals surface area contributed by atoms with E-state index in [4.69, 9.17) is 11.2 Å². The maximum Gasteiger partial charge on any atom is 0.257 e. The molecule has 1 heterocycles. The molecule has 3 aromatic rings. The molecule has 2 aromatic carbocycles. The average molecular weight is 348 g/mol. The molecule has 0 aliphatic carbocycles. The van der Waals surface area contributed by atoms with E-state index in [0.29, 0.717) is 10.9 Å². The van der Waals surface area contributed by atoms with E-state index in [2.05, 4.69) is 10.9 Å². The van der Waals surface area contributed by atoms with Crippen LogP contribution in [0.4, 0.5) is 0 Å². The number of fused-ring (bicyclic) bond motifs is 1. The Kier molecular flexibility index (Phi) is 5.22. The Balaban J connectivity index is 1.92. The Bertz CT molecular complexity index is 966. The first-order valence-corrected chi connectivity index (χ1v) is 8.61. The van der Waals surface area contributed by atoms with Crippen LogP contribution in [0.2, 0.25) is 0 Å². The summed E-state index contributed by atoms with van der Waals surface area (Å²) in [6, 6.07) is 15.0. The van der Waals surface area contributed by atoms with E-state index < -0.39 is 0 Å². The summed E-state index contributed by atoms with van der Waals surface area (Å²) >= 11 is 1.37. The van der Waals surface area contributed by atoms with Crippen molar-refractivity contribution in [1.29, 1.82) is 0 Å². The minimum atomic E-state index is -0.163. The number of rotatable bonds is 5. The van der Waals surface area contributed by atoms with Crippen LogP contribution in [0.25, 0.3) is 17.1 Å². The molecule has 0 radical (unpaired) electrons. The first kappa shape index (κ1) is 16.9. The van der Waals surface area contributed by atoms with Crippen molar-refractivity contribution in [3.63, 3.8) is 0 Å². The molecule has 0 saturated carbocycles. The molecule has 0 saturated heterocycles. The van der Waals surface area contributed by atoms with Gasteiger partial charge < -0.3 is 4.74 Å². The Labute approximate surface area is 150 Å². The standard InChI is InChI=1S/C20H16N2O2S/c1-3-14-25-20-21-17-6-4-5-7-18(17)22(20)19(23)13-10-15-8-11-16(24-2)12-9-15/h1,4-13H,14H2,2H3/b13-10+. The highest BCUT2D eigenvalue weighted by Gasteiger charge is 2.14. The molecule has 3 rings (SSSR count). The third-order valence-corrected chi connectivity index (χ3v) is 4.41. The third kappa shape index (κ3) is 3.76. The summed E-state index contributed by atoms with van der Waals surface area (Å²) in [4.78, 5) is 17.3. The molecule has 0 aliphatic rings. The Morgan fingerprint density at radius 3 is 2.76 bits per heavy atom. The summed E-state index contributed by atoms with van der Waals surface area (Å²) in [6.45, 7) is 0. The van der Waals surface area contributed by atoms with Gasteiger partial charge in [0.15, 0.2) is 5.16 Å². The van der Waals surface area contributed by atoms with E-state index in [0.717, 1.165) is 22.3 Å². The lowest BCUT2D eigenvalue weighted by Gasteiger charge is -2.03. The fraction of sp³-hybridized carbons (Fsp3) is 0.100. The zero-order valence-corrected chi connectivity index (χ0v) is 14.5. The van der Waals surface area contributed by atoms with Crippen LogP contribution in [-0.2, 0) is 0 Å². The largest absolute Gasteiger partial charge is 0.497 e. The highest BCUT2D eigenvalue weighted by atomic mass is 32.2. The van der Waals surface area contributed by atoms with Gasteiger partial charge >= 0.3 is 0 Å². The van der Waals surface area contributed by atoms with Crippen molar-refractivity contribution in [2.45, 2.75) is 5.16 Å². The summed E-state index contributed by atoms with van der Waals surface area (Å²) in [7, 11) is 1.62. The molecule has 0 atom stereocenters. The number of terminal acetylenes is 1. The number of carbonyl (C=O) groups excluding carboxylic acids is 1. The van der Waals surface area contributed by atoms with Gasteiger partial charge in [0.1, 0.15) is 5.75 Å². The molecule has 1 aromatic heterocycles. The van der Waals surface area contributed by atoms with Gasteiger partial charge in [-0.05, 0) is 35.9 Å². The SMILES string of the molecule is C#CCSc1nc2ccccc2n1C(=O)/C=C/c1ccc(OC)cc1. The van der Waals surface area contributed by atoms with Crippen LogP contribution >= 0.6 is 11.8 Å². The second-order valence-corrected chi connectivity index (χ2v) is 6.10. The molecule has 0 bridgehead atoms. The van der Waals surface area contributed by atoms with Gasteiger partial charge in [0, 0.05) is 6.08 Å². The number of benzene rings is 2. The number of nitrogens with zero attached hydrogens (tertiary/aromatic N) is 2. The third-order valence-electron chi connectivity index (χ3n) is 3.57. The molecule has 124 valence electrons. The van der Waals surface area contributed by atoms with Gasteiger partial charge in [-0.15, -0.1) is 6.42 Å². The minimum Gasteiger partial charge on any atom is -0.497 e. The van der Waals surface area contributed by atoms with Crippen molar-refractivity contribution in [2.24, 2.45) is 0 Å². The number of methoxy groups -OCH3 is 1. The summed E-state index contributed by atoms with van der Waals surface area (Å²) in [5.41, 5.74) is 2.45. The number of ether oxygens (including phenoxy) is 1. The fourth-order valence-electron chi connectivity index (χ4n) is 2.38. The van der Waals surface area contributed by atoms with Crippen LogP contribution in [-0.4, -0.2) is 28.3 Å². The van der Waals surface area contributed by atoms with Gasteiger partial charge in [0.2, 0.25) is 0 Å². The Hall–Kier alpha value is -2.97. The zero-order chi connectivity index (χ0) is 17.6. The summed E-state index contributed by atoms with van der Waals surface area (Å²) in [5.74, 6) is 3.63. The van der Waals surface area contributed by atoms with E-state index >= 15 is 0 Å². The van der Waals surface area contributed by atoms with Crippen molar-refractivity contribution in [3.8, 4) is 18.1 Å². The molecule has 0 N–H and O–H groups in total. The molecule has 25 heavy (non-hydrogen) atoms. The van der Waals surface area contributed by atoms with Gasteiger partial charge in [0.25, 0.3) is 5.91 Å². The van der Waals surface area contributed by atoms with Crippen molar-refractivity contribution in [3.05, 3.63) is 60.2 Å². The predicted octanol–water partition coefficient (Wildman–Crippen LogP) is 4.12. The first-order valence-electron chi connectivity index (χ1n) is 7.63. The molecule has 5 heteroatoms. The molecule has 0 unspecified atom stereocenters. The van der Waals surface area contributed by atoms with Crippen LogP contribution in [0.5, 0.6) is 5.75 Å². The number of imidazole rings is 1. The lowest BCUT2D eigenvalue weighted by atomic mass is 10.2. The number of carbonyl (C=O) groups is 1. The number of allylic oxidation sites excluding steroid dienone is 1. The first-order chi connectivity index (χ1) is 12.2. The summed E-state index contributed by atoms with van der Waals surface area (Å²) in [5, 5.41) is 0.600. The number of aromatic nitrogens is 2. The number of hydrogen-bond acceptors (Lipinski definition) is 4.